The van der Waals surface area contributed by atoms with Crippen LogP contribution in [0.5, 0.6) is 5.75 Å². The molecule has 3 rings (SSSR count). The average molecular weight is 394 g/mol. The molecule has 0 radical (unpaired) electrons. The Kier molecular flexibility index (Phi) is 5.85. The van der Waals surface area contributed by atoms with Crippen molar-refractivity contribution in [1.29, 1.82) is 0 Å². The summed E-state index contributed by atoms with van der Waals surface area (Å²) in [6.07, 6.45) is 0. The Morgan fingerprint density at radius 3 is 2.73 bits per heavy atom. The molecule has 2 N–H and O–H groups in total. The van der Waals surface area contributed by atoms with E-state index in [1.165, 1.54) is 0 Å². The summed E-state index contributed by atoms with van der Waals surface area (Å²) >= 11 is 12.3. The lowest BCUT2D eigenvalue weighted by molar-refractivity contribution is -0.120. The summed E-state index contributed by atoms with van der Waals surface area (Å²) in [6.45, 7) is 1.35. The first-order chi connectivity index (χ1) is 12.5. The second-order valence-corrected chi connectivity index (χ2v) is 6.52. The second kappa shape index (κ2) is 8.29. The van der Waals surface area contributed by atoms with Crippen LogP contribution in [-0.2, 0) is 9.59 Å². The fourth-order valence-corrected chi connectivity index (χ4v) is 3.08. The Morgan fingerprint density at radius 2 is 2.00 bits per heavy atom. The number of anilines is 2. The third-order valence-electron chi connectivity index (χ3n) is 3.81. The second-order valence-electron chi connectivity index (χ2n) is 5.70. The van der Waals surface area contributed by atoms with Crippen molar-refractivity contribution in [2.75, 3.05) is 36.5 Å². The minimum atomic E-state index is -0.328. The van der Waals surface area contributed by atoms with Gasteiger partial charge in [0, 0.05) is 18.8 Å². The number of carbonyl (C=O) groups is 2. The number of nitrogens with zero attached hydrogens (tertiary/aromatic N) is 1. The first kappa shape index (κ1) is 18.4. The molecule has 0 aliphatic carbocycles. The van der Waals surface area contributed by atoms with Gasteiger partial charge in [-0.2, -0.15) is 0 Å². The monoisotopic (exact) mass is 393 g/mol. The van der Waals surface area contributed by atoms with Gasteiger partial charge in [0.05, 0.1) is 22.3 Å². The maximum Gasteiger partial charge on any atom is 0.262 e. The van der Waals surface area contributed by atoms with Gasteiger partial charge in [0.2, 0.25) is 5.91 Å². The van der Waals surface area contributed by atoms with E-state index in [0.29, 0.717) is 34.6 Å². The van der Waals surface area contributed by atoms with E-state index in [-0.39, 0.29) is 25.0 Å². The van der Waals surface area contributed by atoms with E-state index < -0.39 is 0 Å². The molecule has 2 amide bonds. The van der Waals surface area contributed by atoms with E-state index in [0.717, 1.165) is 5.69 Å². The lowest BCUT2D eigenvalue weighted by Crippen LogP contribution is -2.47. The number of rotatable bonds is 5. The van der Waals surface area contributed by atoms with E-state index in [1.807, 2.05) is 4.90 Å². The Labute approximate surface area is 161 Å². The van der Waals surface area contributed by atoms with Gasteiger partial charge in [-0.3, -0.25) is 9.59 Å². The van der Waals surface area contributed by atoms with Gasteiger partial charge >= 0.3 is 0 Å². The highest BCUT2D eigenvalue weighted by atomic mass is 35.5. The Bertz CT molecular complexity index is 829. The number of piperazine rings is 1. The average Bonchev–Trinajstić information content (AvgIpc) is 2.61. The predicted octanol–water partition coefficient (Wildman–Crippen LogP) is 2.95. The molecular formula is C18H17Cl2N3O3. The van der Waals surface area contributed by atoms with Crippen LogP contribution in [0.25, 0.3) is 0 Å². The summed E-state index contributed by atoms with van der Waals surface area (Å²) in [6, 6.07) is 12.1. The quantitative estimate of drug-likeness (QED) is 0.818. The number of benzene rings is 2. The molecule has 26 heavy (non-hydrogen) atoms. The van der Waals surface area contributed by atoms with Crippen LogP contribution in [0.15, 0.2) is 42.5 Å². The molecule has 8 heteroatoms. The zero-order valence-corrected chi connectivity index (χ0v) is 15.3. The number of halogens is 2. The van der Waals surface area contributed by atoms with Crippen LogP contribution in [0.1, 0.15) is 0 Å². The lowest BCUT2D eigenvalue weighted by atomic mass is 10.2. The Balaban J connectivity index is 1.59. The first-order valence-corrected chi connectivity index (χ1v) is 8.77. The normalized spacial score (nSPS) is 13.9. The summed E-state index contributed by atoms with van der Waals surface area (Å²) in [5.74, 6) is 0.0774. The number of ether oxygens (including phenoxy) is 1. The number of para-hydroxylation sites is 1. The largest absolute Gasteiger partial charge is 0.482 e. The molecule has 1 aliphatic rings. The predicted molar refractivity (Wildman–Crippen MR) is 102 cm³/mol. The van der Waals surface area contributed by atoms with Crippen molar-refractivity contribution in [3.05, 3.63) is 52.5 Å². The van der Waals surface area contributed by atoms with Crippen LogP contribution in [0.2, 0.25) is 10.0 Å². The molecular weight excluding hydrogens is 377 g/mol. The molecule has 0 aromatic heterocycles. The summed E-state index contributed by atoms with van der Waals surface area (Å²) in [4.78, 5) is 25.5. The van der Waals surface area contributed by atoms with E-state index in [9.17, 15) is 9.59 Å². The van der Waals surface area contributed by atoms with E-state index in [2.05, 4.69) is 10.6 Å². The van der Waals surface area contributed by atoms with Crippen molar-refractivity contribution >= 4 is 46.4 Å². The molecule has 0 atom stereocenters. The van der Waals surface area contributed by atoms with Crippen LogP contribution >= 0.6 is 23.2 Å². The highest BCUT2D eigenvalue weighted by Crippen LogP contribution is 2.29. The molecule has 0 spiro atoms. The van der Waals surface area contributed by atoms with Crippen LogP contribution in [0.3, 0.4) is 0 Å². The van der Waals surface area contributed by atoms with Gasteiger partial charge < -0.3 is 20.3 Å². The van der Waals surface area contributed by atoms with Crippen molar-refractivity contribution in [1.82, 2.24) is 5.32 Å². The molecule has 0 bridgehead atoms. The van der Waals surface area contributed by atoms with Crippen molar-refractivity contribution in [2.24, 2.45) is 0 Å². The number of hydrogen-bond donors (Lipinski definition) is 2. The fourth-order valence-electron chi connectivity index (χ4n) is 2.59. The molecule has 136 valence electrons. The molecule has 2 aromatic rings. The Hall–Kier alpha value is -2.44. The lowest BCUT2D eigenvalue weighted by Gasteiger charge is -2.29. The van der Waals surface area contributed by atoms with Crippen molar-refractivity contribution in [3.63, 3.8) is 0 Å². The maximum atomic E-state index is 12.1. The minimum absolute atomic E-state index is 0.0404. The molecule has 0 saturated carbocycles. The molecule has 2 aromatic carbocycles. The molecule has 6 nitrogen and oxygen atoms in total. The van der Waals surface area contributed by atoms with Gasteiger partial charge in [-0.25, -0.2) is 0 Å². The van der Waals surface area contributed by atoms with Gasteiger partial charge in [-0.1, -0.05) is 35.3 Å². The fraction of sp³-hybridized carbons (Fsp3) is 0.222. The first-order valence-electron chi connectivity index (χ1n) is 8.01. The number of amides is 2. The zero-order chi connectivity index (χ0) is 18.5. The molecule has 0 unspecified atom stereocenters. The summed E-state index contributed by atoms with van der Waals surface area (Å²) in [5, 5.41) is 6.39. The van der Waals surface area contributed by atoms with Gasteiger partial charge in [-0.15, -0.1) is 0 Å². The maximum absolute atomic E-state index is 12.1. The van der Waals surface area contributed by atoms with Crippen LogP contribution in [0, 0.1) is 0 Å². The van der Waals surface area contributed by atoms with E-state index in [4.69, 9.17) is 27.9 Å². The van der Waals surface area contributed by atoms with E-state index >= 15 is 0 Å². The SMILES string of the molecule is O=C1CN(c2ccc(NC(=O)COc3ccccc3Cl)cc2Cl)CCN1. The van der Waals surface area contributed by atoms with Crippen LogP contribution < -0.4 is 20.3 Å². The topological polar surface area (TPSA) is 70.7 Å². The summed E-state index contributed by atoms with van der Waals surface area (Å²) in [7, 11) is 0. The van der Waals surface area contributed by atoms with E-state index in [1.54, 1.807) is 42.5 Å². The van der Waals surface area contributed by atoms with Crippen molar-refractivity contribution in [3.8, 4) is 5.75 Å². The molecule has 1 fully saturated rings. The van der Waals surface area contributed by atoms with Gasteiger partial charge in [0.25, 0.3) is 5.91 Å². The minimum Gasteiger partial charge on any atom is -0.482 e. The third-order valence-corrected chi connectivity index (χ3v) is 4.42. The van der Waals surface area contributed by atoms with Gasteiger partial charge in [0.1, 0.15) is 5.75 Å². The number of carbonyl (C=O) groups excluding carboxylic acids is 2. The number of hydrogen-bond acceptors (Lipinski definition) is 4. The van der Waals surface area contributed by atoms with Crippen LogP contribution in [-0.4, -0.2) is 38.1 Å². The molecule has 1 aliphatic heterocycles. The van der Waals surface area contributed by atoms with Gasteiger partial charge in [0.15, 0.2) is 6.61 Å². The summed E-state index contributed by atoms with van der Waals surface area (Å²) in [5.41, 5.74) is 1.31. The highest BCUT2D eigenvalue weighted by Gasteiger charge is 2.19. The Morgan fingerprint density at radius 1 is 1.19 bits per heavy atom. The molecule has 1 saturated heterocycles. The van der Waals surface area contributed by atoms with Crippen molar-refractivity contribution in [2.45, 2.75) is 0 Å². The highest BCUT2D eigenvalue weighted by molar-refractivity contribution is 6.33. The smallest absolute Gasteiger partial charge is 0.262 e. The summed E-state index contributed by atoms with van der Waals surface area (Å²) < 4.78 is 5.40. The zero-order valence-electron chi connectivity index (χ0n) is 13.8. The van der Waals surface area contributed by atoms with Crippen molar-refractivity contribution < 1.29 is 14.3 Å². The standard InChI is InChI=1S/C18H17Cl2N3O3/c19-13-3-1-2-4-16(13)26-11-18(25)22-12-5-6-15(14(20)9-12)23-8-7-21-17(24)10-23/h1-6,9H,7-8,10-11H2,(H,21,24)(H,22,25). The van der Waals surface area contributed by atoms with Crippen LogP contribution in [0.4, 0.5) is 11.4 Å². The number of nitrogens with one attached hydrogen (secondary N) is 2. The van der Waals surface area contributed by atoms with Gasteiger partial charge in [-0.05, 0) is 30.3 Å². The molecule has 1 heterocycles. The third kappa shape index (κ3) is 4.59.